The lowest BCUT2D eigenvalue weighted by atomic mass is 9.91. The van der Waals surface area contributed by atoms with Gasteiger partial charge in [-0.2, -0.15) is 9.78 Å². The first-order chi connectivity index (χ1) is 8.80. The summed E-state index contributed by atoms with van der Waals surface area (Å²) in [5.41, 5.74) is 0. The summed E-state index contributed by atoms with van der Waals surface area (Å²) in [7, 11) is 0. The molecule has 6 heteroatoms. The molecule has 18 heavy (non-hydrogen) atoms. The van der Waals surface area contributed by atoms with Gasteiger partial charge >= 0.3 is 0 Å². The van der Waals surface area contributed by atoms with Gasteiger partial charge in [-0.15, -0.1) is 0 Å². The highest BCUT2D eigenvalue weighted by Crippen LogP contribution is 2.35. The van der Waals surface area contributed by atoms with Gasteiger partial charge in [0, 0.05) is 6.42 Å². The molecule has 2 fully saturated rings. The maximum atomic E-state index is 9.08. The van der Waals surface area contributed by atoms with Crippen LogP contribution in [0.2, 0.25) is 0 Å². The molecule has 0 aromatic carbocycles. The van der Waals surface area contributed by atoms with Crippen molar-refractivity contribution in [3.8, 4) is 0 Å². The van der Waals surface area contributed by atoms with Crippen molar-refractivity contribution in [3.63, 3.8) is 0 Å². The molecule has 106 valence electrons. The topological polar surface area (TPSA) is 77.4 Å². The van der Waals surface area contributed by atoms with Crippen molar-refractivity contribution < 1.29 is 30.1 Å². The highest BCUT2D eigenvalue weighted by atomic mass is 17.3. The zero-order valence-electron chi connectivity index (χ0n) is 10.5. The lowest BCUT2D eigenvalue weighted by molar-refractivity contribution is -0.545. The molecular weight excluding hydrogens is 240 g/mol. The second-order valence-electron chi connectivity index (χ2n) is 5.18. The fraction of sp³-hybridized carbons (Fsp3) is 1.00. The van der Waals surface area contributed by atoms with Gasteiger partial charge in [-0.25, -0.2) is 15.0 Å². The van der Waals surface area contributed by atoms with Gasteiger partial charge in [0.1, 0.15) is 0 Å². The normalized spacial score (nSPS) is 34.7. The molecule has 2 aliphatic rings. The van der Waals surface area contributed by atoms with Crippen LogP contribution in [0.15, 0.2) is 0 Å². The molecule has 0 amide bonds. The Kier molecular flexibility index (Phi) is 5.35. The zero-order valence-corrected chi connectivity index (χ0v) is 10.5. The smallest absolute Gasteiger partial charge is 0.251 e. The first-order valence-corrected chi connectivity index (χ1v) is 6.78. The van der Waals surface area contributed by atoms with E-state index >= 15 is 0 Å². The Hall–Kier alpha value is -0.240. The summed E-state index contributed by atoms with van der Waals surface area (Å²) in [6.45, 7) is 0. The van der Waals surface area contributed by atoms with E-state index in [1.165, 1.54) is 6.42 Å². The minimum Gasteiger partial charge on any atom is -0.251 e. The van der Waals surface area contributed by atoms with Gasteiger partial charge < -0.3 is 0 Å². The van der Waals surface area contributed by atoms with Gasteiger partial charge in [0.05, 0.1) is 6.10 Å². The van der Waals surface area contributed by atoms with E-state index < -0.39 is 11.9 Å². The molecule has 0 aliphatic heterocycles. The number of hydrogen-bond acceptors (Lipinski definition) is 6. The molecule has 0 aromatic rings. The molecule has 6 nitrogen and oxygen atoms in total. The van der Waals surface area contributed by atoms with Crippen molar-refractivity contribution in [2.24, 2.45) is 0 Å². The predicted molar refractivity (Wildman–Crippen MR) is 61.5 cm³/mol. The maximum absolute atomic E-state index is 9.08. The Morgan fingerprint density at radius 3 is 2.28 bits per heavy atom. The van der Waals surface area contributed by atoms with E-state index in [4.69, 9.17) is 20.3 Å². The Balaban J connectivity index is 1.89. The lowest BCUT2D eigenvalue weighted by Crippen LogP contribution is -2.50. The van der Waals surface area contributed by atoms with Gasteiger partial charge in [-0.05, 0) is 25.7 Å². The summed E-state index contributed by atoms with van der Waals surface area (Å²) in [6.07, 6.45) is 7.40. The summed E-state index contributed by atoms with van der Waals surface area (Å²) in [4.78, 5) is 19.5. The molecule has 0 radical (unpaired) electrons. The molecule has 2 rings (SSSR count). The molecule has 0 heterocycles. The molecule has 2 aliphatic carbocycles. The highest BCUT2D eigenvalue weighted by molar-refractivity contribution is 4.83. The van der Waals surface area contributed by atoms with Crippen LogP contribution in [-0.2, 0) is 19.6 Å². The van der Waals surface area contributed by atoms with Crippen LogP contribution in [0.25, 0.3) is 0 Å². The van der Waals surface area contributed by atoms with Crippen molar-refractivity contribution in [2.45, 2.75) is 75.8 Å². The van der Waals surface area contributed by atoms with Crippen molar-refractivity contribution >= 4 is 0 Å². The Labute approximate surface area is 107 Å². The Bertz CT molecular complexity index is 243. The van der Waals surface area contributed by atoms with Crippen LogP contribution < -0.4 is 0 Å². The van der Waals surface area contributed by atoms with E-state index in [-0.39, 0.29) is 6.10 Å². The third-order valence-electron chi connectivity index (χ3n) is 3.89. The standard InChI is InChI=1S/C12H22O6/c13-15-11-8-4-5-9-12(11,17-14)18-16-10-6-2-1-3-7-10/h10-11,13-14H,1-9H2. The molecule has 0 aromatic heterocycles. The minimum absolute atomic E-state index is 0.0343. The van der Waals surface area contributed by atoms with Gasteiger partial charge in [-0.1, -0.05) is 25.7 Å². The van der Waals surface area contributed by atoms with Gasteiger partial charge in [-0.3, -0.25) is 5.26 Å². The van der Waals surface area contributed by atoms with Crippen molar-refractivity contribution in [1.29, 1.82) is 0 Å². The predicted octanol–water partition coefficient (Wildman–Crippen LogP) is 2.89. The molecule has 2 N–H and O–H groups in total. The third kappa shape index (κ3) is 3.20. The largest absolute Gasteiger partial charge is 0.262 e. The average Bonchev–Trinajstić information content (AvgIpc) is 2.46. The van der Waals surface area contributed by atoms with Crippen LogP contribution in [-0.4, -0.2) is 28.5 Å². The first kappa shape index (κ1) is 14.2. The summed E-state index contributed by atoms with van der Waals surface area (Å²) in [6, 6.07) is 0. The quantitative estimate of drug-likeness (QED) is 0.450. The van der Waals surface area contributed by atoms with E-state index in [0.29, 0.717) is 12.8 Å². The summed E-state index contributed by atoms with van der Waals surface area (Å²) in [5.74, 6) is -1.40. The molecular formula is C12H22O6. The fourth-order valence-corrected chi connectivity index (χ4v) is 2.74. The van der Waals surface area contributed by atoms with E-state index in [9.17, 15) is 0 Å². The van der Waals surface area contributed by atoms with E-state index in [0.717, 1.165) is 38.5 Å². The highest BCUT2D eigenvalue weighted by Gasteiger charge is 2.47. The minimum atomic E-state index is -1.40. The summed E-state index contributed by atoms with van der Waals surface area (Å²) < 4.78 is 0. The monoisotopic (exact) mass is 262 g/mol. The second-order valence-corrected chi connectivity index (χ2v) is 5.18. The van der Waals surface area contributed by atoms with Crippen LogP contribution in [0, 0.1) is 0 Å². The summed E-state index contributed by atoms with van der Waals surface area (Å²) >= 11 is 0. The van der Waals surface area contributed by atoms with Crippen molar-refractivity contribution in [2.75, 3.05) is 0 Å². The average molecular weight is 262 g/mol. The Morgan fingerprint density at radius 1 is 0.889 bits per heavy atom. The zero-order chi connectivity index (χ0) is 12.8. The fourth-order valence-electron chi connectivity index (χ4n) is 2.74. The Morgan fingerprint density at radius 2 is 1.61 bits per heavy atom. The van der Waals surface area contributed by atoms with Gasteiger partial charge in [0.25, 0.3) is 5.79 Å². The van der Waals surface area contributed by atoms with Crippen molar-refractivity contribution in [3.05, 3.63) is 0 Å². The van der Waals surface area contributed by atoms with Crippen LogP contribution in [0.3, 0.4) is 0 Å². The van der Waals surface area contributed by atoms with Crippen LogP contribution in [0.1, 0.15) is 57.8 Å². The first-order valence-electron chi connectivity index (χ1n) is 6.78. The van der Waals surface area contributed by atoms with E-state index in [1.807, 2.05) is 0 Å². The van der Waals surface area contributed by atoms with E-state index in [2.05, 4.69) is 9.78 Å². The van der Waals surface area contributed by atoms with Crippen molar-refractivity contribution in [1.82, 2.24) is 0 Å². The molecule has 2 unspecified atom stereocenters. The number of hydrogen-bond donors (Lipinski definition) is 2. The molecule has 2 saturated carbocycles. The molecule has 0 bridgehead atoms. The number of rotatable bonds is 5. The van der Waals surface area contributed by atoms with E-state index in [1.54, 1.807) is 0 Å². The molecule has 0 saturated heterocycles. The SMILES string of the molecule is OOC1CCCCC1(OO)OOC1CCCCC1. The molecule has 2 atom stereocenters. The van der Waals surface area contributed by atoms with Crippen LogP contribution >= 0.6 is 0 Å². The van der Waals surface area contributed by atoms with Gasteiger partial charge in [0.2, 0.25) is 0 Å². The summed E-state index contributed by atoms with van der Waals surface area (Å²) in [5, 5.41) is 17.9. The van der Waals surface area contributed by atoms with Crippen LogP contribution in [0.4, 0.5) is 0 Å². The second kappa shape index (κ2) is 6.79. The van der Waals surface area contributed by atoms with Gasteiger partial charge in [0.15, 0.2) is 6.10 Å². The third-order valence-corrected chi connectivity index (χ3v) is 3.89. The van der Waals surface area contributed by atoms with Crippen LogP contribution in [0.5, 0.6) is 0 Å². The maximum Gasteiger partial charge on any atom is 0.262 e. The lowest BCUT2D eigenvalue weighted by Gasteiger charge is -2.38. The molecule has 0 spiro atoms.